The minimum absolute atomic E-state index is 0.113. The molecule has 0 spiro atoms. The Labute approximate surface area is 205 Å². The lowest BCUT2D eigenvalue weighted by Crippen LogP contribution is -2.16. The Kier molecular flexibility index (Phi) is 8.26. The Bertz CT molecular complexity index is 1350. The van der Waals surface area contributed by atoms with E-state index in [2.05, 4.69) is 40.6 Å². The fraction of sp³-hybridized carbons (Fsp3) is 0.259. The summed E-state index contributed by atoms with van der Waals surface area (Å²) < 4.78 is 17.1. The first kappa shape index (κ1) is 25.0. The molecule has 0 unspecified atom stereocenters. The fourth-order valence-electron chi connectivity index (χ4n) is 4.11. The van der Waals surface area contributed by atoms with Crippen molar-refractivity contribution < 1.29 is 18.8 Å². The molecule has 0 radical (unpaired) electrons. The van der Waals surface area contributed by atoms with Gasteiger partial charge in [0.25, 0.3) is 0 Å². The van der Waals surface area contributed by atoms with Crippen LogP contribution in [0.4, 0.5) is 0 Å². The van der Waals surface area contributed by atoms with Crippen molar-refractivity contribution in [3.05, 3.63) is 83.7 Å². The van der Waals surface area contributed by atoms with Gasteiger partial charge >= 0.3 is 7.60 Å². The van der Waals surface area contributed by atoms with E-state index in [1.165, 1.54) is 0 Å². The molecule has 0 aliphatic carbocycles. The Morgan fingerprint density at radius 3 is 2.49 bits per heavy atom. The molecule has 4 rings (SSSR count). The topological polar surface area (TPSA) is 108 Å². The smallest absolute Gasteiger partial charge is 0.325 e. The molecule has 3 aromatic carbocycles. The van der Waals surface area contributed by atoms with Gasteiger partial charge in [0.05, 0.1) is 6.16 Å². The summed E-state index contributed by atoms with van der Waals surface area (Å²) in [5.74, 6) is 0.949. The quantitative estimate of drug-likeness (QED) is 0.177. The molecule has 7 nitrogen and oxygen atoms in total. The zero-order valence-corrected chi connectivity index (χ0v) is 20.6. The second-order valence-corrected chi connectivity index (χ2v) is 10.2. The summed E-state index contributed by atoms with van der Waals surface area (Å²) in [4.78, 5) is 18.0. The molecule has 0 fully saturated rings. The van der Waals surface area contributed by atoms with Crippen molar-refractivity contribution >= 4 is 30.0 Å². The fourth-order valence-corrected chi connectivity index (χ4v) is 4.68. The number of nitrogens with zero attached hydrogens (tertiary/aromatic N) is 2. The molecule has 0 aliphatic rings. The van der Waals surface area contributed by atoms with Gasteiger partial charge in [-0.2, -0.15) is 0 Å². The van der Waals surface area contributed by atoms with Crippen molar-refractivity contribution in [1.29, 1.82) is 0 Å². The lowest BCUT2D eigenvalue weighted by molar-refractivity contribution is 0.371. The predicted molar refractivity (Wildman–Crippen MR) is 140 cm³/mol. The average molecular weight is 492 g/mol. The van der Waals surface area contributed by atoms with Crippen molar-refractivity contribution in [2.75, 3.05) is 12.7 Å². The molecular weight excluding hydrogens is 461 g/mol. The van der Waals surface area contributed by atoms with E-state index in [4.69, 9.17) is 14.2 Å². The van der Waals surface area contributed by atoms with E-state index in [0.29, 0.717) is 31.3 Å². The highest BCUT2D eigenvalue weighted by molar-refractivity contribution is 7.51. The molecule has 35 heavy (non-hydrogen) atoms. The molecular formula is C27H30N3O4P. The van der Waals surface area contributed by atoms with Gasteiger partial charge in [0.2, 0.25) is 11.8 Å². The van der Waals surface area contributed by atoms with Crippen LogP contribution < -0.4 is 5.32 Å². The molecule has 0 aliphatic heterocycles. The Balaban J connectivity index is 1.56. The van der Waals surface area contributed by atoms with Gasteiger partial charge in [-0.25, -0.2) is 0 Å². The third-order valence-corrected chi connectivity index (χ3v) is 6.66. The first-order valence-corrected chi connectivity index (χ1v) is 13.6. The number of fused-ring (bicyclic) bond motifs is 1. The number of benzene rings is 3. The summed E-state index contributed by atoms with van der Waals surface area (Å²) in [6.45, 7) is 3.27. The van der Waals surface area contributed by atoms with Crippen LogP contribution in [0.5, 0.6) is 0 Å². The molecule has 0 saturated carbocycles. The third kappa shape index (κ3) is 6.74. The summed E-state index contributed by atoms with van der Waals surface area (Å²) in [5, 5.41) is 14.0. The maximum atomic E-state index is 11.0. The van der Waals surface area contributed by atoms with Gasteiger partial charge in [-0.15, -0.1) is 10.2 Å². The zero-order valence-electron chi connectivity index (χ0n) is 19.7. The van der Waals surface area contributed by atoms with E-state index in [1.54, 1.807) is 0 Å². The van der Waals surface area contributed by atoms with Gasteiger partial charge in [-0.1, -0.05) is 74.0 Å². The van der Waals surface area contributed by atoms with E-state index in [0.717, 1.165) is 45.9 Å². The van der Waals surface area contributed by atoms with Crippen molar-refractivity contribution in [3.8, 4) is 11.5 Å². The van der Waals surface area contributed by atoms with Crippen LogP contribution in [0.25, 0.3) is 33.9 Å². The number of aromatic nitrogens is 2. The average Bonchev–Trinajstić information content (AvgIpc) is 3.31. The van der Waals surface area contributed by atoms with Crippen molar-refractivity contribution in [2.45, 2.75) is 32.7 Å². The van der Waals surface area contributed by atoms with Gasteiger partial charge < -0.3 is 19.5 Å². The maximum absolute atomic E-state index is 11.0. The SMILES string of the molecule is CCCC(=Cc1nnc(-c2ccc(CNCCCP(=O)(O)O)c3ccccc23)o1)c1ccccc1. The van der Waals surface area contributed by atoms with Gasteiger partial charge in [0.15, 0.2) is 0 Å². The summed E-state index contributed by atoms with van der Waals surface area (Å²) in [5.41, 5.74) is 4.27. The van der Waals surface area contributed by atoms with Crippen LogP contribution in [0.1, 0.15) is 43.2 Å². The van der Waals surface area contributed by atoms with Crippen LogP contribution in [0, 0.1) is 0 Å². The second-order valence-electron chi connectivity index (χ2n) is 8.47. The van der Waals surface area contributed by atoms with Gasteiger partial charge in [-0.3, -0.25) is 4.57 Å². The molecule has 0 bridgehead atoms. The molecule has 0 amide bonds. The largest absolute Gasteiger partial charge is 0.417 e. The molecule has 4 aromatic rings. The van der Waals surface area contributed by atoms with Gasteiger partial charge in [0.1, 0.15) is 0 Å². The molecule has 8 heteroatoms. The molecule has 0 atom stereocenters. The zero-order chi connectivity index (χ0) is 24.7. The Hall–Kier alpha value is -3.09. The number of allylic oxidation sites excluding steroid dienone is 1. The van der Waals surface area contributed by atoms with Crippen molar-refractivity contribution in [2.24, 2.45) is 0 Å². The van der Waals surface area contributed by atoms with Crippen LogP contribution in [0.2, 0.25) is 0 Å². The van der Waals surface area contributed by atoms with E-state index in [-0.39, 0.29) is 6.16 Å². The Morgan fingerprint density at radius 1 is 1.00 bits per heavy atom. The normalized spacial score (nSPS) is 12.4. The minimum Gasteiger partial charge on any atom is -0.417 e. The van der Waals surface area contributed by atoms with Crippen LogP contribution in [-0.4, -0.2) is 32.7 Å². The number of nitrogens with one attached hydrogen (secondary N) is 1. The first-order valence-electron chi connectivity index (χ1n) is 11.8. The van der Waals surface area contributed by atoms with Crippen LogP contribution in [-0.2, 0) is 11.1 Å². The molecule has 1 heterocycles. The summed E-state index contributed by atoms with van der Waals surface area (Å²) in [7, 11) is -3.95. The van der Waals surface area contributed by atoms with Gasteiger partial charge in [0, 0.05) is 18.2 Å². The molecule has 3 N–H and O–H groups in total. The van der Waals surface area contributed by atoms with E-state index in [9.17, 15) is 4.57 Å². The highest BCUT2D eigenvalue weighted by Crippen LogP contribution is 2.34. The first-order chi connectivity index (χ1) is 16.9. The molecule has 182 valence electrons. The van der Waals surface area contributed by atoms with Crippen molar-refractivity contribution in [1.82, 2.24) is 15.5 Å². The maximum Gasteiger partial charge on any atom is 0.325 e. The number of hydrogen-bond acceptors (Lipinski definition) is 5. The van der Waals surface area contributed by atoms with E-state index < -0.39 is 7.60 Å². The van der Waals surface area contributed by atoms with E-state index in [1.807, 2.05) is 54.6 Å². The monoisotopic (exact) mass is 491 g/mol. The number of rotatable bonds is 11. The highest BCUT2D eigenvalue weighted by atomic mass is 31.2. The minimum atomic E-state index is -3.95. The number of hydrogen-bond donors (Lipinski definition) is 3. The standard InChI is InChI=1S/C27H30N3O4P/c1-2-9-21(20-10-4-3-5-11-20)18-26-29-30-27(34-26)25-15-14-22(23-12-6-7-13-24(23)25)19-28-16-8-17-35(31,32)33/h3-7,10-15,18,28H,2,8-9,16-17,19H2,1H3,(H2,31,32,33). The van der Waals surface area contributed by atoms with Crippen LogP contribution in [0.15, 0.2) is 71.1 Å². The second kappa shape index (κ2) is 11.6. The summed E-state index contributed by atoms with van der Waals surface area (Å²) in [6, 6.07) is 22.3. The summed E-state index contributed by atoms with van der Waals surface area (Å²) >= 11 is 0. The van der Waals surface area contributed by atoms with Crippen LogP contribution in [0.3, 0.4) is 0 Å². The third-order valence-electron chi connectivity index (χ3n) is 5.77. The molecule has 0 saturated heterocycles. The highest BCUT2D eigenvalue weighted by Gasteiger charge is 2.14. The van der Waals surface area contributed by atoms with Gasteiger partial charge in [-0.05, 0) is 52.9 Å². The van der Waals surface area contributed by atoms with E-state index >= 15 is 0 Å². The Morgan fingerprint density at radius 2 is 1.74 bits per heavy atom. The predicted octanol–water partition coefficient (Wildman–Crippen LogP) is 5.89. The summed E-state index contributed by atoms with van der Waals surface area (Å²) in [6.07, 6.45) is 4.20. The lowest BCUT2D eigenvalue weighted by Gasteiger charge is -2.11. The van der Waals surface area contributed by atoms with Crippen molar-refractivity contribution in [3.63, 3.8) is 0 Å². The molecule has 1 aromatic heterocycles. The van der Waals surface area contributed by atoms with Crippen LogP contribution >= 0.6 is 7.60 Å². The lowest BCUT2D eigenvalue weighted by atomic mass is 9.99.